The molecule has 0 amide bonds. The van der Waals surface area contributed by atoms with Crippen molar-refractivity contribution in [1.29, 1.82) is 0 Å². The fourth-order valence-electron chi connectivity index (χ4n) is 0.865. The molecule has 0 radical (unpaired) electrons. The predicted molar refractivity (Wildman–Crippen MR) is 51.4 cm³/mol. The SMILES string of the molecule is CCC=Nc1ccc(OC)cc1. The van der Waals surface area contributed by atoms with Crippen LogP contribution in [0.4, 0.5) is 5.69 Å². The minimum absolute atomic E-state index is 0.866. The number of rotatable bonds is 3. The van der Waals surface area contributed by atoms with Gasteiger partial charge in [-0.3, -0.25) is 4.99 Å². The van der Waals surface area contributed by atoms with E-state index in [2.05, 4.69) is 11.9 Å². The van der Waals surface area contributed by atoms with Gasteiger partial charge in [-0.1, -0.05) is 6.92 Å². The summed E-state index contributed by atoms with van der Waals surface area (Å²) < 4.78 is 5.02. The average Bonchev–Trinajstić information content (AvgIpc) is 2.15. The van der Waals surface area contributed by atoms with Gasteiger partial charge in [-0.2, -0.15) is 0 Å². The molecule has 2 heteroatoms. The van der Waals surface area contributed by atoms with E-state index in [1.54, 1.807) is 7.11 Å². The lowest BCUT2D eigenvalue weighted by Gasteiger charge is -1.98. The summed E-state index contributed by atoms with van der Waals surface area (Å²) in [5.41, 5.74) is 0.970. The summed E-state index contributed by atoms with van der Waals surface area (Å²) in [7, 11) is 1.66. The van der Waals surface area contributed by atoms with Crippen LogP contribution in [0.25, 0.3) is 0 Å². The van der Waals surface area contributed by atoms with Gasteiger partial charge in [0.1, 0.15) is 5.75 Å². The molecule has 0 N–H and O–H groups in total. The van der Waals surface area contributed by atoms with Gasteiger partial charge in [0.05, 0.1) is 12.8 Å². The van der Waals surface area contributed by atoms with Crippen LogP contribution in [0.2, 0.25) is 0 Å². The summed E-state index contributed by atoms with van der Waals surface area (Å²) in [6.07, 6.45) is 2.85. The minimum atomic E-state index is 0.866. The van der Waals surface area contributed by atoms with Gasteiger partial charge in [0.25, 0.3) is 0 Å². The highest BCUT2D eigenvalue weighted by molar-refractivity contribution is 5.62. The summed E-state index contributed by atoms with van der Waals surface area (Å²) >= 11 is 0. The molecule has 1 rings (SSSR count). The van der Waals surface area contributed by atoms with Crippen molar-refractivity contribution in [3.8, 4) is 5.75 Å². The van der Waals surface area contributed by atoms with Gasteiger partial charge >= 0.3 is 0 Å². The van der Waals surface area contributed by atoms with Crippen LogP contribution < -0.4 is 4.74 Å². The first-order valence-electron chi connectivity index (χ1n) is 4.03. The zero-order valence-corrected chi connectivity index (χ0v) is 7.45. The van der Waals surface area contributed by atoms with Gasteiger partial charge in [0.2, 0.25) is 0 Å². The van der Waals surface area contributed by atoms with E-state index in [-0.39, 0.29) is 0 Å². The third kappa shape index (κ3) is 2.38. The van der Waals surface area contributed by atoms with Gasteiger partial charge < -0.3 is 4.74 Å². The topological polar surface area (TPSA) is 21.6 Å². The van der Waals surface area contributed by atoms with Gasteiger partial charge in [-0.15, -0.1) is 0 Å². The zero-order chi connectivity index (χ0) is 8.81. The third-order valence-corrected chi connectivity index (χ3v) is 1.50. The van der Waals surface area contributed by atoms with Gasteiger partial charge in [-0.25, -0.2) is 0 Å². The largest absolute Gasteiger partial charge is 0.497 e. The molecule has 0 aromatic heterocycles. The van der Waals surface area contributed by atoms with E-state index >= 15 is 0 Å². The van der Waals surface area contributed by atoms with Crippen LogP contribution in [-0.4, -0.2) is 13.3 Å². The number of aliphatic imine (C=N–C) groups is 1. The van der Waals surface area contributed by atoms with Crippen LogP contribution >= 0.6 is 0 Å². The summed E-state index contributed by atoms with van der Waals surface area (Å²) in [6, 6.07) is 7.68. The molecule has 64 valence electrons. The zero-order valence-electron chi connectivity index (χ0n) is 7.45. The Bertz CT molecular complexity index is 251. The van der Waals surface area contributed by atoms with E-state index in [0.717, 1.165) is 17.9 Å². The van der Waals surface area contributed by atoms with Crippen molar-refractivity contribution in [2.75, 3.05) is 7.11 Å². The second-order valence-electron chi connectivity index (χ2n) is 2.42. The number of methoxy groups -OCH3 is 1. The van der Waals surface area contributed by atoms with Crippen molar-refractivity contribution >= 4 is 11.9 Å². The normalized spacial score (nSPS) is 10.5. The minimum Gasteiger partial charge on any atom is -0.497 e. The van der Waals surface area contributed by atoms with Gasteiger partial charge in [-0.05, 0) is 30.7 Å². The molecule has 0 atom stereocenters. The molecule has 0 aliphatic carbocycles. The molecule has 2 nitrogen and oxygen atoms in total. The van der Waals surface area contributed by atoms with E-state index in [1.807, 2.05) is 30.5 Å². The molecule has 0 heterocycles. The van der Waals surface area contributed by atoms with Crippen molar-refractivity contribution in [1.82, 2.24) is 0 Å². The van der Waals surface area contributed by atoms with E-state index in [1.165, 1.54) is 0 Å². The summed E-state index contributed by atoms with van der Waals surface area (Å²) in [6.45, 7) is 2.06. The number of hydrogen-bond acceptors (Lipinski definition) is 2. The Kier molecular flexibility index (Phi) is 3.33. The quantitative estimate of drug-likeness (QED) is 0.628. The van der Waals surface area contributed by atoms with E-state index in [0.29, 0.717) is 0 Å². The van der Waals surface area contributed by atoms with Crippen molar-refractivity contribution in [2.24, 2.45) is 4.99 Å². The second-order valence-corrected chi connectivity index (χ2v) is 2.42. The van der Waals surface area contributed by atoms with E-state index in [4.69, 9.17) is 4.74 Å². The van der Waals surface area contributed by atoms with Crippen LogP contribution in [0.15, 0.2) is 29.3 Å². The molecule has 0 aliphatic heterocycles. The van der Waals surface area contributed by atoms with E-state index < -0.39 is 0 Å². The monoisotopic (exact) mass is 163 g/mol. The fourth-order valence-corrected chi connectivity index (χ4v) is 0.865. The molecule has 12 heavy (non-hydrogen) atoms. The van der Waals surface area contributed by atoms with Crippen LogP contribution in [0.5, 0.6) is 5.75 Å². The molecule has 0 unspecified atom stereocenters. The van der Waals surface area contributed by atoms with Crippen LogP contribution in [-0.2, 0) is 0 Å². The highest BCUT2D eigenvalue weighted by atomic mass is 16.5. The lowest BCUT2D eigenvalue weighted by molar-refractivity contribution is 0.415. The highest BCUT2D eigenvalue weighted by Gasteiger charge is 1.89. The van der Waals surface area contributed by atoms with Gasteiger partial charge in [0.15, 0.2) is 0 Å². The van der Waals surface area contributed by atoms with Crippen LogP contribution in [0.3, 0.4) is 0 Å². The Morgan fingerprint density at radius 2 is 2.00 bits per heavy atom. The molecule has 0 spiro atoms. The average molecular weight is 163 g/mol. The first-order valence-corrected chi connectivity index (χ1v) is 4.03. The van der Waals surface area contributed by atoms with E-state index in [9.17, 15) is 0 Å². The predicted octanol–water partition coefficient (Wildman–Crippen LogP) is 2.81. The highest BCUT2D eigenvalue weighted by Crippen LogP contribution is 2.16. The Morgan fingerprint density at radius 1 is 1.33 bits per heavy atom. The first kappa shape index (κ1) is 8.78. The maximum Gasteiger partial charge on any atom is 0.119 e. The van der Waals surface area contributed by atoms with Crippen LogP contribution in [0.1, 0.15) is 13.3 Å². The first-order chi connectivity index (χ1) is 5.86. The molecule has 1 aromatic carbocycles. The lowest BCUT2D eigenvalue weighted by atomic mass is 10.3. The molecule has 0 saturated heterocycles. The molecule has 0 saturated carbocycles. The summed E-state index contributed by atoms with van der Waals surface area (Å²) in [4.78, 5) is 4.22. The maximum absolute atomic E-state index is 5.02. The third-order valence-electron chi connectivity index (χ3n) is 1.50. The lowest BCUT2D eigenvalue weighted by Crippen LogP contribution is -1.79. The van der Waals surface area contributed by atoms with Crippen molar-refractivity contribution < 1.29 is 4.74 Å². The maximum atomic E-state index is 5.02. The molecular formula is C10H13NO. The number of nitrogens with zero attached hydrogens (tertiary/aromatic N) is 1. The second kappa shape index (κ2) is 4.54. The Hall–Kier alpha value is -1.31. The molecule has 1 aromatic rings. The number of hydrogen-bond donors (Lipinski definition) is 0. The van der Waals surface area contributed by atoms with Gasteiger partial charge in [0, 0.05) is 6.21 Å². The standard InChI is InChI=1S/C10H13NO/c1-3-8-11-9-4-6-10(12-2)7-5-9/h4-8H,3H2,1-2H3. The number of benzene rings is 1. The number of ether oxygens (including phenoxy) is 1. The summed E-state index contributed by atoms with van der Waals surface area (Å²) in [5.74, 6) is 0.866. The summed E-state index contributed by atoms with van der Waals surface area (Å²) in [5, 5.41) is 0. The molecule has 0 fully saturated rings. The Labute approximate surface area is 72.9 Å². The smallest absolute Gasteiger partial charge is 0.119 e. The Morgan fingerprint density at radius 3 is 2.50 bits per heavy atom. The Balaban J connectivity index is 2.71. The van der Waals surface area contributed by atoms with Crippen molar-refractivity contribution in [3.05, 3.63) is 24.3 Å². The molecule has 0 bridgehead atoms. The molecule has 0 aliphatic rings. The fraction of sp³-hybridized carbons (Fsp3) is 0.300. The van der Waals surface area contributed by atoms with Crippen LogP contribution in [0, 0.1) is 0 Å². The van der Waals surface area contributed by atoms with Crippen molar-refractivity contribution in [3.63, 3.8) is 0 Å². The molecular weight excluding hydrogens is 150 g/mol. The van der Waals surface area contributed by atoms with Crippen molar-refractivity contribution in [2.45, 2.75) is 13.3 Å².